The molecule has 0 saturated carbocycles. The predicted molar refractivity (Wildman–Crippen MR) is 96.4 cm³/mol. The Labute approximate surface area is 148 Å². The number of hydrogen-bond donors (Lipinski definition) is 1. The molecule has 0 amide bonds. The molecule has 0 atom stereocenters. The summed E-state index contributed by atoms with van der Waals surface area (Å²) in [6, 6.07) is 14.9. The van der Waals surface area contributed by atoms with Gasteiger partial charge in [-0.05, 0) is 48.2 Å². The second kappa shape index (κ2) is 7.66. The van der Waals surface area contributed by atoms with E-state index in [1.807, 2.05) is 36.4 Å². The van der Waals surface area contributed by atoms with Crippen molar-refractivity contribution in [1.29, 1.82) is 0 Å². The van der Waals surface area contributed by atoms with Crippen molar-refractivity contribution in [3.8, 4) is 0 Å². The molecule has 3 rings (SSSR count). The number of sulfonamides is 1. The predicted octanol–water partition coefficient (Wildman–Crippen LogP) is 3.41. The first-order chi connectivity index (χ1) is 11.6. The van der Waals surface area contributed by atoms with E-state index in [1.54, 1.807) is 16.4 Å². The van der Waals surface area contributed by atoms with E-state index >= 15 is 0 Å². The smallest absolute Gasteiger partial charge is 0.243 e. The molecule has 0 aliphatic carbocycles. The first-order valence-electron chi connectivity index (χ1n) is 8.10. The summed E-state index contributed by atoms with van der Waals surface area (Å²) in [5.74, 6) is 0. The lowest BCUT2D eigenvalue weighted by Gasteiger charge is -2.15. The summed E-state index contributed by atoms with van der Waals surface area (Å²) in [6.07, 6.45) is 1.90. The van der Waals surface area contributed by atoms with Crippen LogP contribution in [0.15, 0.2) is 53.4 Å². The van der Waals surface area contributed by atoms with Gasteiger partial charge in [0, 0.05) is 31.2 Å². The lowest BCUT2D eigenvalue weighted by molar-refractivity contribution is 0.477. The van der Waals surface area contributed by atoms with Crippen LogP contribution in [0.2, 0.25) is 5.02 Å². The number of benzene rings is 2. The maximum atomic E-state index is 12.5. The molecule has 2 aromatic rings. The van der Waals surface area contributed by atoms with Gasteiger partial charge in [0.2, 0.25) is 10.0 Å². The van der Waals surface area contributed by atoms with E-state index in [2.05, 4.69) is 5.32 Å². The Morgan fingerprint density at radius 2 is 1.38 bits per heavy atom. The van der Waals surface area contributed by atoms with Crippen LogP contribution in [0.5, 0.6) is 0 Å². The van der Waals surface area contributed by atoms with Crippen molar-refractivity contribution in [2.24, 2.45) is 0 Å². The molecule has 1 heterocycles. The molecule has 0 spiro atoms. The van der Waals surface area contributed by atoms with Crippen molar-refractivity contribution < 1.29 is 8.42 Å². The quantitative estimate of drug-likeness (QED) is 0.854. The van der Waals surface area contributed by atoms with Gasteiger partial charge in [-0.25, -0.2) is 8.42 Å². The van der Waals surface area contributed by atoms with E-state index in [0.29, 0.717) is 24.5 Å². The molecule has 1 fully saturated rings. The molecule has 0 radical (unpaired) electrons. The zero-order valence-electron chi connectivity index (χ0n) is 13.4. The normalized spacial score (nSPS) is 15.7. The van der Waals surface area contributed by atoms with Crippen LogP contribution >= 0.6 is 11.6 Å². The van der Waals surface area contributed by atoms with Crippen LogP contribution in [0, 0.1) is 0 Å². The highest BCUT2D eigenvalue weighted by molar-refractivity contribution is 7.89. The van der Waals surface area contributed by atoms with Crippen LogP contribution in [0.1, 0.15) is 24.0 Å². The van der Waals surface area contributed by atoms with E-state index < -0.39 is 10.0 Å². The monoisotopic (exact) mass is 364 g/mol. The zero-order valence-corrected chi connectivity index (χ0v) is 15.0. The Morgan fingerprint density at radius 1 is 0.875 bits per heavy atom. The lowest BCUT2D eigenvalue weighted by Crippen LogP contribution is -2.27. The van der Waals surface area contributed by atoms with Gasteiger partial charge in [-0.1, -0.05) is 35.9 Å². The third kappa shape index (κ3) is 4.16. The van der Waals surface area contributed by atoms with Crippen LogP contribution in [0.25, 0.3) is 0 Å². The Hall–Kier alpha value is -1.40. The molecule has 2 aromatic carbocycles. The lowest BCUT2D eigenvalue weighted by atomic mass is 10.2. The highest BCUT2D eigenvalue weighted by Crippen LogP contribution is 2.21. The minimum Gasteiger partial charge on any atom is -0.309 e. The van der Waals surface area contributed by atoms with Crippen molar-refractivity contribution in [2.75, 3.05) is 13.1 Å². The van der Waals surface area contributed by atoms with Crippen LogP contribution in [-0.4, -0.2) is 25.8 Å². The van der Waals surface area contributed by atoms with Crippen molar-refractivity contribution in [1.82, 2.24) is 9.62 Å². The maximum Gasteiger partial charge on any atom is 0.243 e. The van der Waals surface area contributed by atoms with E-state index in [0.717, 1.165) is 35.5 Å². The highest BCUT2D eigenvalue weighted by atomic mass is 35.5. The summed E-state index contributed by atoms with van der Waals surface area (Å²) >= 11 is 5.87. The molecule has 128 valence electrons. The van der Waals surface area contributed by atoms with Crippen LogP contribution in [-0.2, 0) is 23.1 Å². The van der Waals surface area contributed by atoms with Crippen molar-refractivity contribution in [3.63, 3.8) is 0 Å². The molecule has 24 heavy (non-hydrogen) atoms. The molecule has 0 bridgehead atoms. The third-order valence-electron chi connectivity index (χ3n) is 4.20. The molecule has 1 N–H and O–H groups in total. The van der Waals surface area contributed by atoms with Crippen LogP contribution in [0.4, 0.5) is 0 Å². The highest BCUT2D eigenvalue weighted by Gasteiger charge is 2.26. The molecule has 1 aliphatic rings. The SMILES string of the molecule is O=S(=O)(c1ccc(CNCc2ccc(Cl)cc2)cc1)N1CCCC1. The summed E-state index contributed by atoms with van der Waals surface area (Å²) < 4.78 is 26.5. The molecule has 0 aromatic heterocycles. The van der Waals surface area contributed by atoms with Gasteiger partial charge in [0.25, 0.3) is 0 Å². The second-order valence-corrected chi connectivity index (χ2v) is 8.36. The topological polar surface area (TPSA) is 49.4 Å². The standard InChI is InChI=1S/C18H21ClN2O2S/c19-17-7-3-15(4-8-17)13-20-14-16-5-9-18(10-6-16)24(22,23)21-11-1-2-12-21/h3-10,20H,1-2,11-14H2. The summed E-state index contributed by atoms with van der Waals surface area (Å²) in [5.41, 5.74) is 2.22. The number of hydrogen-bond acceptors (Lipinski definition) is 3. The summed E-state index contributed by atoms with van der Waals surface area (Å²) in [6.45, 7) is 2.69. The average molecular weight is 365 g/mol. The summed E-state index contributed by atoms with van der Waals surface area (Å²) in [7, 11) is -3.32. The zero-order chi connectivity index (χ0) is 17.0. The van der Waals surface area contributed by atoms with Gasteiger partial charge < -0.3 is 5.32 Å². The first kappa shape index (κ1) is 17.4. The fourth-order valence-electron chi connectivity index (χ4n) is 2.81. The van der Waals surface area contributed by atoms with Gasteiger partial charge in [0.15, 0.2) is 0 Å². The molecule has 4 nitrogen and oxygen atoms in total. The largest absolute Gasteiger partial charge is 0.309 e. The third-order valence-corrected chi connectivity index (χ3v) is 6.36. The van der Waals surface area contributed by atoms with E-state index in [4.69, 9.17) is 11.6 Å². The summed E-state index contributed by atoms with van der Waals surface area (Å²) in [4.78, 5) is 0.380. The molecular formula is C18H21ClN2O2S. The second-order valence-electron chi connectivity index (χ2n) is 5.99. The average Bonchev–Trinajstić information content (AvgIpc) is 3.13. The van der Waals surface area contributed by atoms with Crippen LogP contribution in [0.3, 0.4) is 0 Å². The number of nitrogens with one attached hydrogen (secondary N) is 1. The Kier molecular flexibility index (Phi) is 5.56. The first-order valence-corrected chi connectivity index (χ1v) is 9.92. The van der Waals surface area contributed by atoms with Crippen molar-refractivity contribution in [3.05, 3.63) is 64.7 Å². The van der Waals surface area contributed by atoms with E-state index in [1.165, 1.54) is 0 Å². The molecule has 0 unspecified atom stereocenters. The Balaban J connectivity index is 1.57. The molecule has 6 heteroatoms. The molecular weight excluding hydrogens is 344 g/mol. The number of rotatable bonds is 6. The van der Waals surface area contributed by atoms with E-state index in [9.17, 15) is 8.42 Å². The maximum absolute atomic E-state index is 12.5. The fourth-order valence-corrected chi connectivity index (χ4v) is 4.45. The van der Waals surface area contributed by atoms with Gasteiger partial charge >= 0.3 is 0 Å². The van der Waals surface area contributed by atoms with Crippen molar-refractivity contribution >= 4 is 21.6 Å². The van der Waals surface area contributed by atoms with Gasteiger partial charge in [0.1, 0.15) is 0 Å². The van der Waals surface area contributed by atoms with E-state index in [-0.39, 0.29) is 0 Å². The van der Waals surface area contributed by atoms with Gasteiger partial charge in [-0.15, -0.1) is 0 Å². The van der Waals surface area contributed by atoms with Gasteiger partial charge in [-0.2, -0.15) is 4.31 Å². The molecule has 1 aliphatic heterocycles. The summed E-state index contributed by atoms with van der Waals surface area (Å²) in [5, 5.41) is 4.08. The minimum absolute atomic E-state index is 0.380. The molecule has 1 saturated heterocycles. The van der Waals surface area contributed by atoms with Gasteiger partial charge in [0.05, 0.1) is 4.90 Å². The number of nitrogens with zero attached hydrogens (tertiary/aromatic N) is 1. The van der Waals surface area contributed by atoms with Gasteiger partial charge in [-0.3, -0.25) is 0 Å². The fraction of sp³-hybridized carbons (Fsp3) is 0.333. The van der Waals surface area contributed by atoms with Crippen LogP contribution < -0.4 is 5.32 Å². The minimum atomic E-state index is -3.32. The Bertz CT molecular complexity index is 768. The number of halogens is 1. The Morgan fingerprint density at radius 3 is 1.92 bits per heavy atom. The van der Waals surface area contributed by atoms with Crippen molar-refractivity contribution in [2.45, 2.75) is 30.8 Å².